The first-order valence-electron chi connectivity index (χ1n) is 2.67. The van der Waals surface area contributed by atoms with E-state index in [2.05, 4.69) is 22.6 Å². The van der Waals surface area contributed by atoms with Crippen LogP contribution in [0.5, 0.6) is 0 Å². The number of rotatable bonds is 4. The minimum atomic E-state index is -0.0208. The van der Waals surface area contributed by atoms with Gasteiger partial charge in [-0.3, -0.25) is 0 Å². The molecule has 0 heterocycles. The van der Waals surface area contributed by atoms with Crippen molar-refractivity contribution in [3.05, 3.63) is 0 Å². The van der Waals surface area contributed by atoms with Crippen LogP contribution in [0.2, 0.25) is 0 Å². The second kappa shape index (κ2) is 5.78. The summed E-state index contributed by atoms with van der Waals surface area (Å²) in [6.07, 6.45) is 1.01. The Hall–Kier alpha value is 0.650. The van der Waals surface area contributed by atoms with E-state index in [9.17, 15) is 0 Å². The van der Waals surface area contributed by atoms with Crippen LogP contribution < -0.4 is 0 Å². The fourth-order valence-corrected chi connectivity index (χ4v) is 0.553. The van der Waals surface area contributed by atoms with E-state index >= 15 is 0 Å². The molecule has 2 nitrogen and oxygen atoms in total. The lowest BCUT2D eigenvalue weighted by molar-refractivity contribution is 0.0795. The summed E-state index contributed by atoms with van der Waals surface area (Å²) >= 11 is 2.06. The molecular formula is C5H11IO2. The molecule has 0 rings (SSSR count). The minimum absolute atomic E-state index is 0.0208. The summed E-state index contributed by atoms with van der Waals surface area (Å²) in [5, 5.41) is 8.43. The van der Waals surface area contributed by atoms with Crippen molar-refractivity contribution in [3.63, 3.8) is 0 Å². The van der Waals surface area contributed by atoms with Crippen molar-refractivity contribution in [2.24, 2.45) is 0 Å². The molecule has 0 aromatic heterocycles. The van der Waals surface area contributed by atoms with Crippen molar-refractivity contribution in [1.29, 1.82) is 0 Å². The summed E-state index contributed by atoms with van der Waals surface area (Å²) < 4.78 is 5.06. The monoisotopic (exact) mass is 230 g/mol. The molecule has 0 saturated heterocycles. The fraction of sp³-hybridized carbons (Fsp3) is 1.00. The first-order valence-corrected chi connectivity index (χ1v) is 3.92. The molecule has 0 bridgehead atoms. The molecular weight excluding hydrogens is 219 g/mol. The normalized spacial score (nSPS) is 13.9. The van der Waals surface area contributed by atoms with Gasteiger partial charge in [0.05, 0.1) is 6.61 Å². The van der Waals surface area contributed by atoms with Crippen LogP contribution in [0, 0.1) is 0 Å². The molecule has 0 aliphatic carbocycles. The molecule has 0 saturated carbocycles. The van der Waals surface area contributed by atoms with E-state index < -0.39 is 0 Å². The lowest BCUT2D eigenvalue weighted by Gasteiger charge is -2.04. The number of alkyl halides is 1. The van der Waals surface area contributed by atoms with Crippen molar-refractivity contribution in [2.75, 3.05) is 13.2 Å². The van der Waals surface area contributed by atoms with Crippen LogP contribution in [0.4, 0.5) is 0 Å². The lowest BCUT2D eigenvalue weighted by atomic mass is 10.5. The highest BCUT2D eigenvalue weighted by Crippen LogP contribution is 2.00. The van der Waals surface area contributed by atoms with Crippen molar-refractivity contribution >= 4 is 22.6 Å². The van der Waals surface area contributed by atoms with Gasteiger partial charge in [-0.1, -0.05) is 6.92 Å². The molecule has 0 spiro atoms. The first kappa shape index (κ1) is 8.65. The summed E-state index contributed by atoms with van der Waals surface area (Å²) in [6.45, 7) is 2.90. The Morgan fingerprint density at radius 1 is 1.75 bits per heavy atom. The molecule has 3 heteroatoms. The van der Waals surface area contributed by atoms with Gasteiger partial charge in [0, 0.05) is 6.61 Å². The van der Waals surface area contributed by atoms with Crippen molar-refractivity contribution in [3.8, 4) is 0 Å². The molecule has 1 unspecified atom stereocenters. The third kappa shape index (κ3) is 4.80. The van der Waals surface area contributed by atoms with Gasteiger partial charge in [0.2, 0.25) is 0 Å². The van der Waals surface area contributed by atoms with Gasteiger partial charge in [-0.15, -0.1) is 0 Å². The third-order valence-corrected chi connectivity index (χ3v) is 1.40. The van der Waals surface area contributed by atoms with Crippen LogP contribution in [0.15, 0.2) is 0 Å². The number of halogens is 1. The number of hydrogen-bond donors (Lipinski definition) is 1. The summed E-state index contributed by atoms with van der Waals surface area (Å²) in [5.74, 6) is 0. The van der Waals surface area contributed by atoms with Crippen molar-refractivity contribution in [1.82, 2.24) is 0 Å². The van der Waals surface area contributed by atoms with Gasteiger partial charge < -0.3 is 9.84 Å². The van der Waals surface area contributed by atoms with Gasteiger partial charge in [0.25, 0.3) is 0 Å². The van der Waals surface area contributed by atoms with Gasteiger partial charge >= 0.3 is 0 Å². The van der Waals surface area contributed by atoms with Crippen LogP contribution in [-0.4, -0.2) is 22.4 Å². The fourth-order valence-electron chi connectivity index (χ4n) is 0.298. The minimum Gasteiger partial charge on any atom is -0.393 e. The molecule has 0 radical (unpaired) electrons. The van der Waals surface area contributed by atoms with E-state index in [1.54, 1.807) is 0 Å². The average Bonchev–Trinajstić information content (AvgIpc) is 1.83. The zero-order valence-electron chi connectivity index (χ0n) is 4.93. The van der Waals surface area contributed by atoms with Crippen LogP contribution in [0.1, 0.15) is 13.3 Å². The van der Waals surface area contributed by atoms with Gasteiger partial charge in [-0.05, 0) is 29.0 Å². The lowest BCUT2D eigenvalue weighted by Crippen LogP contribution is -2.09. The highest BCUT2D eigenvalue weighted by Gasteiger charge is 1.97. The molecule has 1 N–H and O–H groups in total. The standard InChI is InChI=1S/C5H11IO2/c1-2-3-8-5(6)4-7/h5,7H,2-4H2,1H3. The molecule has 0 aromatic rings. The number of hydrogen-bond acceptors (Lipinski definition) is 2. The van der Waals surface area contributed by atoms with Crippen molar-refractivity contribution < 1.29 is 9.84 Å². The molecule has 0 aliphatic heterocycles. The maximum atomic E-state index is 8.43. The van der Waals surface area contributed by atoms with E-state index in [1.165, 1.54) is 0 Å². The SMILES string of the molecule is CCCOC(I)CO. The summed E-state index contributed by atoms with van der Waals surface area (Å²) in [7, 11) is 0. The molecule has 0 aliphatic rings. The van der Waals surface area contributed by atoms with Crippen molar-refractivity contribution in [2.45, 2.75) is 17.5 Å². The van der Waals surface area contributed by atoms with E-state index in [1.807, 2.05) is 6.92 Å². The Bertz CT molecular complexity index is 49.7. The highest BCUT2D eigenvalue weighted by molar-refractivity contribution is 14.1. The summed E-state index contributed by atoms with van der Waals surface area (Å²) in [6, 6.07) is 0. The summed E-state index contributed by atoms with van der Waals surface area (Å²) in [5.41, 5.74) is 0. The molecule has 0 amide bonds. The molecule has 8 heavy (non-hydrogen) atoms. The first-order chi connectivity index (χ1) is 3.81. The van der Waals surface area contributed by atoms with E-state index in [-0.39, 0.29) is 10.7 Å². The van der Waals surface area contributed by atoms with Gasteiger partial charge in [-0.25, -0.2) is 0 Å². The Labute approximate surface area is 63.4 Å². The van der Waals surface area contributed by atoms with Crippen LogP contribution in [0.3, 0.4) is 0 Å². The second-order valence-corrected chi connectivity index (χ2v) is 2.85. The Morgan fingerprint density at radius 2 is 2.38 bits per heavy atom. The molecule has 50 valence electrons. The molecule has 1 atom stereocenters. The number of ether oxygens (including phenoxy) is 1. The Balaban J connectivity index is 2.86. The second-order valence-electron chi connectivity index (χ2n) is 1.46. The molecule has 0 aromatic carbocycles. The average molecular weight is 230 g/mol. The van der Waals surface area contributed by atoms with E-state index in [4.69, 9.17) is 9.84 Å². The smallest absolute Gasteiger partial charge is 0.131 e. The topological polar surface area (TPSA) is 29.5 Å². The quantitative estimate of drug-likeness (QED) is 0.580. The summed E-state index contributed by atoms with van der Waals surface area (Å²) in [4.78, 5) is 0. The number of aliphatic hydroxyl groups excluding tert-OH is 1. The van der Waals surface area contributed by atoms with Crippen LogP contribution in [0.25, 0.3) is 0 Å². The zero-order valence-corrected chi connectivity index (χ0v) is 7.09. The maximum absolute atomic E-state index is 8.43. The predicted octanol–water partition coefficient (Wildman–Crippen LogP) is 1.17. The third-order valence-electron chi connectivity index (χ3n) is 0.646. The molecule has 0 fully saturated rings. The van der Waals surface area contributed by atoms with Gasteiger partial charge in [0.15, 0.2) is 0 Å². The Morgan fingerprint density at radius 3 is 2.75 bits per heavy atom. The van der Waals surface area contributed by atoms with E-state index in [0.717, 1.165) is 13.0 Å². The maximum Gasteiger partial charge on any atom is 0.131 e. The zero-order chi connectivity index (χ0) is 6.41. The van der Waals surface area contributed by atoms with Gasteiger partial charge in [-0.2, -0.15) is 0 Å². The highest BCUT2D eigenvalue weighted by atomic mass is 127. The van der Waals surface area contributed by atoms with Gasteiger partial charge in [0.1, 0.15) is 4.11 Å². The predicted molar refractivity (Wildman–Crippen MR) is 41.1 cm³/mol. The number of aliphatic hydroxyl groups is 1. The van der Waals surface area contributed by atoms with E-state index in [0.29, 0.717) is 0 Å². The Kier molecular flexibility index (Phi) is 6.25. The van der Waals surface area contributed by atoms with Crippen LogP contribution >= 0.6 is 22.6 Å². The van der Waals surface area contributed by atoms with Crippen LogP contribution in [-0.2, 0) is 4.74 Å². The largest absolute Gasteiger partial charge is 0.393 e.